The third-order valence-electron chi connectivity index (χ3n) is 6.60. The molecule has 4 rings (SSSR count). The first-order valence-corrected chi connectivity index (χ1v) is 12.2. The monoisotopic (exact) mass is 470 g/mol. The molecule has 0 aromatic heterocycles. The van der Waals surface area contributed by atoms with Gasteiger partial charge < -0.3 is 15.5 Å². The molecule has 1 aliphatic rings. The maximum Gasteiger partial charge on any atom is 0.255 e. The molecule has 0 unspecified atom stereocenters. The molecule has 1 saturated heterocycles. The van der Waals surface area contributed by atoms with Crippen LogP contribution < -0.4 is 15.5 Å². The van der Waals surface area contributed by atoms with E-state index in [0.717, 1.165) is 55.1 Å². The first-order valence-electron chi connectivity index (χ1n) is 12.2. The second-order valence-electron chi connectivity index (χ2n) is 9.37. The molecular formula is C29H34N4O2. The molecule has 6 heteroatoms. The molecule has 3 aromatic rings. The van der Waals surface area contributed by atoms with Crippen LogP contribution in [0.1, 0.15) is 41.3 Å². The van der Waals surface area contributed by atoms with Crippen LogP contribution >= 0.6 is 0 Å². The molecule has 0 spiro atoms. The first-order chi connectivity index (χ1) is 16.9. The van der Waals surface area contributed by atoms with Gasteiger partial charge in [-0.1, -0.05) is 29.8 Å². The number of aryl methyl sites for hydroxylation is 1. The van der Waals surface area contributed by atoms with E-state index in [0.29, 0.717) is 11.6 Å². The van der Waals surface area contributed by atoms with Crippen LogP contribution in [0, 0.1) is 6.92 Å². The smallest absolute Gasteiger partial charge is 0.255 e. The minimum absolute atomic E-state index is 0.0504. The Bertz CT molecular complexity index is 1150. The number of piperidine rings is 1. The minimum atomic E-state index is -0.0908. The summed E-state index contributed by atoms with van der Waals surface area (Å²) in [4.78, 5) is 28.5. The number of likely N-dealkylation sites (tertiary alicyclic amines) is 1. The molecule has 0 aliphatic carbocycles. The van der Waals surface area contributed by atoms with Gasteiger partial charge in [0.15, 0.2) is 0 Å². The lowest BCUT2D eigenvalue weighted by Crippen LogP contribution is -2.43. The van der Waals surface area contributed by atoms with E-state index in [9.17, 15) is 9.59 Å². The number of hydrogen-bond acceptors (Lipinski definition) is 4. The molecule has 0 atom stereocenters. The summed E-state index contributed by atoms with van der Waals surface area (Å²) in [5.41, 5.74) is 5.79. The fraction of sp³-hybridized carbons (Fsp3) is 0.310. The summed E-state index contributed by atoms with van der Waals surface area (Å²) in [5.74, 6) is -0.141. The molecule has 1 heterocycles. The van der Waals surface area contributed by atoms with Crippen LogP contribution in [0.2, 0.25) is 0 Å². The summed E-state index contributed by atoms with van der Waals surface area (Å²) >= 11 is 0. The molecule has 1 fully saturated rings. The lowest BCUT2D eigenvalue weighted by Gasteiger charge is -2.38. The van der Waals surface area contributed by atoms with E-state index in [-0.39, 0.29) is 11.8 Å². The number of nitrogens with one attached hydrogen (secondary N) is 2. The summed E-state index contributed by atoms with van der Waals surface area (Å²) in [6, 6.07) is 24.3. The van der Waals surface area contributed by atoms with Gasteiger partial charge in [-0.2, -0.15) is 0 Å². The summed E-state index contributed by atoms with van der Waals surface area (Å²) in [7, 11) is 2.15. The first kappa shape index (κ1) is 24.5. The summed E-state index contributed by atoms with van der Waals surface area (Å²) in [5, 5.41) is 5.80. The van der Waals surface area contributed by atoms with Crippen LogP contribution in [0.25, 0.3) is 0 Å². The third kappa shape index (κ3) is 6.70. The Hall–Kier alpha value is -3.64. The summed E-state index contributed by atoms with van der Waals surface area (Å²) in [6.07, 6.45) is 2.21. The molecule has 6 nitrogen and oxygen atoms in total. The maximum absolute atomic E-state index is 12.5. The molecule has 0 saturated carbocycles. The van der Waals surface area contributed by atoms with E-state index in [2.05, 4.69) is 51.7 Å². The van der Waals surface area contributed by atoms with Crippen LogP contribution in [0.15, 0.2) is 72.8 Å². The van der Waals surface area contributed by atoms with Gasteiger partial charge in [-0.05, 0) is 73.9 Å². The Morgan fingerprint density at radius 2 is 1.54 bits per heavy atom. The van der Waals surface area contributed by atoms with Crippen molar-refractivity contribution in [3.05, 3.63) is 89.5 Å². The van der Waals surface area contributed by atoms with Crippen molar-refractivity contribution in [1.82, 2.24) is 4.90 Å². The van der Waals surface area contributed by atoms with Crippen LogP contribution in [-0.2, 0) is 11.3 Å². The highest BCUT2D eigenvalue weighted by Gasteiger charge is 2.23. The van der Waals surface area contributed by atoms with Crippen LogP contribution in [0.3, 0.4) is 0 Å². The molecular weight excluding hydrogens is 436 g/mol. The van der Waals surface area contributed by atoms with Crippen molar-refractivity contribution in [2.45, 2.75) is 39.3 Å². The molecule has 2 amide bonds. The van der Waals surface area contributed by atoms with Crippen molar-refractivity contribution in [3.63, 3.8) is 0 Å². The van der Waals surface area contributed by atoms with Crippen molar-refractivity contribution < 1.29 is 9.59 Å². The Labute approximate surface area is 207 Å². The number of carbonyl (C=O) groups is 2. The zero-order valence-electron chi connectivity index (χ0n) is 20.8. The van der Waals surface area contributed by atoms with E-state index in [1.807, 2.05) is 55.5 Å². The predicted molar refractivity (Wildman–Crippen MR) is 143 cm³/mol. The van der Waals surface area contributed by atoms with E-state index >= 15 is 0 Å². The lowest BCUT2D eigenvalue weighted by molar-refractivity contribution is -0.114. The van der Waals surface area contributed by atoms with E-state index in [1.54, 1.807) is 0 Å². The Balaban J connectivity index is 1.27. The number of hydrogen-bond donors (Lipinski definition) is 2. The predicted octanol–water partition coefficient (Wildman–Crippen LogP) is 5.31. The normalized spacial score (nSPS) is 14.4. The van der Waals surface area contributed by atoms with Gasteiger partial charge in [-0.3, -0.25) is 14.5 Å². The van der Waals surface area contributed by atoms with Crippen molar-refractivity contribution in [1.29, 1.82) is 0 Å². The number of rotatable bonds is 7. The Kier molecular flexibility index (Phi) is 7.83. The van der Waals surface area contributed by atoms with E-state index in [1.165, 1.54) is 12.5 Å². The zero-order valence-corrected chi connectivity index (χ0v) is 20.8. The third-order valence-corrected chi connectivity index (χ3v) is 6.60. The fourth-order valence-electron chi connectivity index (χ4n) is 4.60. The topological polar surface area (TPSA) is 64.7 Å². The van der Waals surface area contributed by atoms with Crippen LogP contribution in [0.4, 0.5) is 17.1 Å². The van der Waals surface area contributed by atoms with Crippen molar-refractivity contribution >= 4 is 28.9 Å². The Morgan fingerprint density at radius 3 is 2.17 bits per heavy atom. The largest absolute Gasteiger partial charge is 0.372 e. The highest BCUT2D eigenvalue weighted by molar-refractivity contribution is 6.04. The molecule has 1 aliphatic heterocycles. The van der Waals surface area contributed by atoms with Gasteiger partial charge in [0, 0.05) is 62.3 Å². The van der Waals surface area contributed by atoms with Gasteiger partial charge in [0.25, 0.3) is 5.91 Å². The van der Waals surface area contributed by atoms with Gasteiger partial charge >= 0.3 is 0 Å². The van der Waals surface area contributed by atoms with Crippen LogP contribution in [-0.4, -0.2) is 42.9 Å². The average molecular weight is 471 g/mol. The molecule has 35 heavy (non-hydrogen) atoms. The number of amides is 2. The van der Waals surface area contributed by atoms with Crippen LogP contribution in [0.5, 0.6) is 0 Å². The standard InChI is InChI=1S/C29H34N4O2/c1-21-5-4-6-24(19-21)29(35)31-26-11-13-27(14-12-26)32(3)28-15-17-33(18-16-28)20-23-7-9-25(10-8-23)30-22(2)34/h4-14,19,28H,15-18,20H2,1-3H3,(H,30,34)(H,31,35). The average Bonchev–Trinajstić information content (AvgIpc) is 2.85. The SMILES string of the molecule is CC(=O)Nc1ccc(CN2CCC(N(C)c3ccc(NC(=O)c4cccc(C)c4)cc3)CC2)cc1. The lowest BCUT2D eigenvalue weighted by atomic mass is 10.0. The second kappa shape index (κ2) is 11.2. The fourth-order valence-corrected chi connectivity index (χ4v) is 4.60. The van der Waals surface area contributed by atoms with E-state index in [4.69, 9.17) is 0 Å². The van der Waals surface area contributed by atoms with Crippen molar-refractivity contribution in [2.75, 3.05) is 35.7 Å². The minimum Gasteiger partial charge on any atom is -0.372 e. The van der Waals surface area contributed by atoms with Crippen molar-refractivity contribution in [2.24, 2.45) is 0 Å². The highest BCUT2D eigenvalue weighted by Crippen LogP contribution is 2.25. The number of nitrogens with zero attached hydrogens (tertiary/aromatic N) is 2. The highest BCUT2D eigenvalue weighted by atomic mass is 16.2. The quantitative estimate of drug-likeness (QED) is 0.491. The van der Waals surface area contributed by atoms with Gasteiger partial charge in [0.05, 0.1) is 0 Å². The van der Waals surface area contributed by atoms with Gasteiger partial charge in [0.1, 0.15) is 0 Å². The molecule has 3 aromatic carbocycles. The van der Waals surface area contributed by atoms with Gasteiger partial charge in [-0.15, -0.1) is 0 Å². The summed E-state index contributed by atoms with van der Waals surface area (Å²) in [6.45, 7) is 6.53. The number of carbonyl (C=O) groups excluding carboxylic acids is 2. The molecule has 0 bridgehead atoms. The molecule has 2 N–H and O–H groups in total. The number of benzene rings is 3. The maximum atomic E-state index is 12.5. The van der Waals surface area contributed by atoms with Gasteiger partial charge in [-0.25, -0.2) is 0 Å². The molecule has 182 valence electrons. The second-order valence-corrected chi connectivity index (χ2v) is 9.37. The van der Waals surface area contributed by atoms with E-state index < -0.39 is 0 Å². The van der Waals surface area contributed by atoms with Crippen molar-refractivity contribution in [3.8, 4) is 0 Å². The number of anilines is 3. The Morgan fingerprint density at radius 1 is 0.914 bits per heavy atom. The zero-order chi connectivity index (χ0) is 24.8. The summed E-state index contributed by atoms with van der Waals surface area (Å²) < 4.78 is 0. The van der Waals surface area contributed by atoms with Gasteiger partial charge in [0.2, 0.25) is 5.91 Å². The molecule has 0 radical (unpaired) electrons.